The molecule has 0 atom stereocenters. The van der Waals surface area contributed by atoms with Crippen LogP contribution in [0.5, 0.6) is 0 Å². The molecule has 0 N–H and O–H groups in total. The second kappa shape index (κ2) is 10.7. The number of hydrogen-bond donors (Lipinski definition) is 0. The van der Waals surface area contributed by atoms with Crippen LogP contribution in [0.25, 0.3) is 0 Å². The Morgan fingerprint density at radius 3 is 1.26 bits per heavy atom. The molecule has 31 heavy (non-hydrogen) atoms. The molecular formula is C15H16F14O2. The molecule has 0 heterocycles. The summed E-state index contributed by atoms with van der Waals surface area (Å²) in [7, 11) is 0. The topological polar surface area (TPSA) is 26.3 Å². The zero-order chi connectivity index (χ0) is 25.5. The van der Waals surface area contributed by atoms with Crippen LogP contribution in [0, 0.1) is 0 Å². The number of ether oxygens (including phenoxy) is 1. The third-order valence-electron chi connectivity index (χ3n) is 3.47. The van der Waals surface area contributed by atoms with Crippen LogP contribution < -0.4 is 0 Å². The second-order valence-electron chi connectivity index (χ2n) is 5.82. The Labute approximate surface area is 166 Å². The lowest BCUT2D eigenvalue weighted by atomic mass is 9.98. The summed E-state index contributed by atoms with van der Waals surface area (Å²) in [5.41, 5.74) is -10.4. The summed E-state index contributed by atoms with van der Waals surface area (Å²) in [6.45, 7) is 3.24. The zero-order valence-corrected chi connectivity index (χ0v) is 15.4. The highest BCUT2D eigenvalue weighted by atomic mass is 19.4. The summed E-state index contributed by atoms with van der Waals surface area (Å²) in [6, 6.07) is 0. The molecule has 0 aromatic heterocycles. The predicted molar refractivity (Wildman–Crippen MR) is 77.2 cm³/mol. The third-order valence-corrected chi connectivity index (χ3v) is 3.47. The second-order valence-corrected chi connectivity index (χ2v) is 5.82. The van der Waals surface area contributed by atoms with E-state index in [2.05, 4.69) is 11.3 Å². The minimum atomic E-state index is -6.08. The van der Waals surface area contributed by atoms with E-state index >= 15 is 0 Å². The van der Waals surface area contributed by atoms with Gasteiger partial charge in [-0.05, 0) is 12.8 Å². The van der Waals surface area contributed by atoms with Gasteiger partial charge in [-0.2, -0.15) is 52.7 Å². The van der Waals surface area contributed by atoms with Crippen LogP contribution in [0.15, 0.2) is 12.7 Å². The van der Waals surface area contributed by atoms with Crippen LogP contribution in [-0.4, -0.2) is 48.6 Å². The monoisotopic (exact) mass is 494 g/mol. The molecular weight excluding hydrogens is 478 g/mol. The molecule has 0 saturated carbocycles. The summed E-state index contributed by atoms with van der Waals surface area (Å²) in [6.07, 6.45) is -28.2. The molecule has 186 valence electrons. The maximum atomic E-state index is 13.0. The van der Waals surface area contributed by atoms with Crippen LogP contribution in [0.3, 0.4) is 0 Å². The van der Waals surface area contributed by atoms with E-state index in [-0.39, 0.29) is 0 Å². The van der Waals surface area contributed by atoms with Crippen LogP contribution in [0.4, 0.5) is 61.5 Å². The van der Waals surface area contributed by atoms with Gasteiger partial charge in [0, 0.05) is 12.5 Å². The molecule has 0 radical (unpaired) electrons. The molecule has 0 saturated heterocycles. The first kappa shape index (κ1) is 31.4. The first-order chi connectivity index (χ1) is 13.5. The van der Waals surface area contributed by atoms with Crippen LogP contribution in [0.1, 0.15) is 32.6 Å². The molecule has 2 nitrogen and oxygen atoms in total. The van der Waals surface area contributed by atoms with E-state index in [9.17, 15) is 66.3 Å². The third kappa shape index (κ3) is 8.35. The molecule has 0 aliphatic heterocycles. The Kier molecular flexibility index (Phi) is 10.8. The number of rotatable bonds is 7. The summed E-state index contributed by atoms with van der Waals surface area (Å²) in [5.74, 6) is -1.02. The van der Waals surface area contributed by atoms with Crippen molar-refractivity contribution in [2.45, 2.75) is 68.6 Å². The molecule has 0 spiro atoms. The Bertz CT molecular complexity index is 542. The van der Waals surface area contributed by atoms with Crippen molar-refractivity contribution in [1.82, 2.24) is 0 Å². The molecule has 0 rings (SSSR count). The van der Waals surface area contributed by atoms with E-state index in [1.54, 1.807) is 0 Å². The highest BCUT2D eigenvalue weighted by molar-refractivity contribution is 5.81. The molecule has 0 unspecified atom stereocenters. The average molecular weight is 494 g/mol. The van der Waals surface area contributed by atoms with Gasteiger partial charge in [0.05, 0.1) is 6.61 Å². The smallest absolute Gasteiger partial charge is 0.431 e. The van der Waals surface area contributed by atoms with Gasteiger partial charge >= 0.3 is 30.7 Å². The van der Waals surface area contributed by atoms with Gasteiger partial charge in [-0.15, -0.1) is 0 Å². The van der Waals surface area contributed by atoms with Crippen LogP contribution in [0.2, 0.25) is 0 Å². The predicted octanol–water partition coefficient (Wildman–Crippen LogP) is 6.95. The van der Waals surface area contributed by atoms with Crippen molar-refractivity contribution in [3.05, 3.63) is 12.7 Å². The van der Waals surface area contributed by atoms with Gasteiger partial charge < -0.3 is 4.74 Å². The zero-order valence-electron chi connectivity index (χ0n) is 15.4. The van der Waals surface area contributed by atoms with E-state index in [1.165, 1.54) is 0 Å². The highest BCUT2D eigenvalue weighted by Gasteiger charge is 2.72. The molecule has 0 aromatic carbocycles. The Hall–Kier alpha value is -1.77. The number of halogens is 14. The summed E-state index contributed by atoms with van der Waals surface area (Å²) < 4.78 is 172. The molecule has 0 aliphatic rings. The standard InChI is InChI=1S/C9H9F7O2.C6H7F7/c1-2-6(17)18-5-3-4-7(10,8(11,12)13)9(14,15)16;1-2-3-4(7,5(8,9)10)6(11,12)13/h2H,1,3-5H2;2-3H2,1H3. The van der Waals surface area contributed by atoms with Crippen LogP contribution >= 0.6 is 0 Å². The lowest BCUT2D eigenvalue weighted by Crippen LogP contribution is -2.53. The van der Waals surface area contributed by atoms with Gasteiger partial charge in [0.25, 0.3) is 11.3 Å². The number of hydrogen-bond acceptors (Lipinski definition) is 2. The van der Waals surface area contributed by atoms with E-state index in [0.29, 0.717) is 6.08 Å². The van der Waals surface area contributed by atoms with Gasteiger partial charge in [0.2, 0.25) is 0 Å². The summed E-state index contributed by atoms with van der Waals surface area (Å²) >= 11 is 0. The Morgan fingerprint density at radius 1 is 0.710 bits per heavy atom. The van der Waals surface area contributed by atoms with Crippen molar-refractivity contribution in [3.63, 3.8) is 0 Å². The Morgan fingerprint density at radius 2 is 1.03 bits per heavy atom. The molecule has 0 aliphatic carbocycles. The molecule has 0 aromatic rings. The van der Waals surface area contributed by atoms with Gasteiger partial charge in [-0.1, -0.05) is 19.9 Å². The molecule has 0 fully saturated rings. The van der Waals surface area contributed by atoms with E-state index in [1.807, 2.05) is 0 Å². The number of alkyl halides is 14. The average Bonchev–Trinajstić information content (AvgIpc) is 2.54. The van der Waals surface area contributed by atoms with Crippen molar-refractivity contribution in [2.75, 3.05) is 6.61 Å². The van der Waals surface area contributed by atoms with Gasteiger partial charge in [0.1, 0.15) is 0 Å². The van der Waals surface area contributed by atoms with Crippen molar-refractivity contribution < 1.29 is 71.0 Å². The Balaban J connectivity index is 0. The molecule has 0 amide bonds. The fourth-order valence-electron chi connectivity index (χ4n) is 1.78. The first-order valence-corrected chi connectivity index (χ1v) is 7.95. The fourth-order valence-corrected chi connectivity index (χ4v) is 1.78. The summed E-state index contributed by atoms with van der Waals surface area (Å²) in [5, 5.41) is 0. The van der Waals surface area contributed by atoms with Gasteiger partial charge in [-0.3, -0.25) is 0 Å². The maximum absolute atomic E-state index is 13.0. The number of esters is 1. The van der Waals surface area contributed by atoms with Crippen molar-refractivity contribution >= 4 is 5.97 Å². The largest absolute Gasteiger partial charge is 0.463 e. The first-order valence-electron chi connectivity index (χ1n) is 7.95. The van der Waals surface area contributed by atoms with Gasteiger partial charge in [-0.25, -0.2) is 13.6 Å². The van der Waals surface area contributed by atoms with Crippen molar-refractivity contribution in [3.8, 4) is 0 Å². The fraction of sp³-hybridized carbons (Fsp3) is 0.800. The van der Waals surface area contributed by atoms with E-state index in [4.69, 9.17) is 0 Å². The quantitative estimate of drug-likeness (QED) is 0.166. The lowest BCUT2D eigenvalue weighted by Gasteiger charge is -2.29. The number of carbonyl (C=O) groups is 1. The van der Waals surface area contributed by atoms with E-state index in [0.717, 1.165) is 6.92 Å². The van der Waals surface area contributed by atoms with E-state index < -0.39 is 74.3 Å². The minimum Gasteiger partial charge on any atom is -0.463 e. The lowest BCUT2D eigenvalue weighted by molar-refractivity contribution is -0.344. The normalized spacial score (nSPS) is 13.9. The molecule has 16 heteroatoms. The summed E-state index contributed by atoms with van der Waals surface area (Å²) in [4.78, 5) is 10.5. The van der Waals surface area contributed by atoms with Gasteiger partial charge in [0.15, 0.2) is 0 Å². The highest BCUT2D eigenvalue weighted by Crippen LogP contribution is 2.49. The van der Waals surface area contributed by atoms with Crippen LogP contribution in [-0.2, 0) is 9.53 Å². The SMILES string of the molecule is C=CC(=O)OCCCC(F)(C(F)(F)F)C(F)(F)F.CCCC(F)(C(F)(F)F)C(F)(F)F. The minimum absolute atomic E-state index is 0.532. The van der Waals surface area contributed by atoms with Crippen molar-refractivity contribution in [2.24, 2.45) is 0 Å². The maximum Gasteiger partial charge on any atom is 0.431 e. The molecule has 0 bridgehead atoms. The van der Waals surface area contributed by atoms with Crippen molar-refractivity contribution in [1.29, 1.82) is 0 Å². The number of carbonyl (C=O) groups excluding carboxylic acids is 1.